The SMILES string of the molecule is CC(C(=O)NCC1CCCO1)N1CCC(C(=O)NCc2ccccc2)CC1. The van der Waals surface area contributed by atoms with Crippen LogP contribution in [0.1, 0.15) is 38.2 Å². The van der Waals surface area contributed by atoms with Crippen LogP contribution in [0.2, 0.25) is 0 Å². The summed E-state index contributed by atoms with van der Waals surface area (Å²) in [5, 5.41) is 6.05. The summed E-state index contributed by atoms with van der Waals surface area (Å²) < 4.78 is 5.55. The maximum absolute atomic E-state index is 12.4. The molecule has 6 nitrogen and oxygen atoms in total. The highest BCUT2D eigenvalue weighted by Crippen LogP contribution is 2.19. The Morgan fingerprint density at radius 1 is 1.15 bits per heavy atom. The zero-order chi connectivity index (χ0) is 19.1. The molecular weight excluding hydrogens is 342 g/mol. The third-order valence-electron chi connectivity index (χ3n) is 5.67. The van der Waals surface area contributed by atoms with E-state index in [1.807, 2.05) is 37.3 Å². The summed E-state index contributed by atoms with van der Waals surface area (Å²) in [4.78, 5) is 27.0. The summed E-state index contributed by atoms with van der Waals surface area (Å²) >= 11 is 0. The Labute approximate surface area is 161 Å². The molecule has 0 aromatic heterocycles. The van der Waals surface area contributed by atoms with E-state index in [-0.39, 0.29) is 29.9 Å². The van der Waals surface area contributed by atoms with Gasteiger partial charge in [-0.2, -0.15) is 0 Å². The zero-order valence-electron chi connectivity index (χ0n) is 16.2. The molecule has 148 valence electrons. The highest BCUT2D eigenvalue weighted by molar-refractivity contribution is 5.81. The van der Waals surface area contributed by atoms with Gasteiger partial charge in [-0.1, -0.05) is 30.3 Å². The number of rotatable bonds is 7. The first-order valence-corrected chi connectivity index (χ1v) is 10.1. The molecule has 2 N–H and O–H groups in total. The molecule has 0 aliphatic carbocycles. The van der Waals surface area contributed by atoms with Crippen molar-refractivity contribution in [3.63, 3.8) is 0 Å². The normalized spacial score (nSPS) is 22.3. The lowest BCUT2D eigenvalue weighted by atomic mass is 9.94. The second kappa shape index (κ2) is 9.85. The van der Waals surface area contributed by atoms with Crippen LogP contribution in [0.15, 0.2) is 30.3 Å². The molecule has 2 saturated heterocycles. The van der Waals surface area contributed by atoms with E-state index in [0.717, 1.165) is 50.9 Å². The number of nitrogens with one attached hydrogen (secondary N) is 2. The molecule has 1 aromatic rings. The topological polar surface area (TPSA) is 70.7 Å². The quantitative estimate of drug-likeness (QED) is 0.763. The Hall–Kier alpha value is -1.92. The Morgan fingerprint density at radius 3 is 2.56 bits per heavy atom. The summed E-state index contributed by atoms with van der Waals surface area (Å²) in [5.41, 5.74) is 1.11. The van der Waals surface area contributed by atoms with Crippen molar-refractivity contribution in [2.75, 3.05) is 26.2 Å². The molecule has 6 heteroatoms. The first-order chi connectivity index (χ1) is 13.1. The van der Waals surface area contributed by atoms with Gasteiger partial charge in [-0.25, -0.2) is 0 Å². The maximum atomic E-state index is 12.4. The van der Waals surface area contributed by atoms with Gasteiger partial charge >= 0.3 is 0 Å². The lowest BCUT2D eigenvalue weighted by Crippen LogP contribution is -2.50. The van der Waals surface area contributed by atoms with E-state index in [9.17, 15) is 9.59 Å². The molecule has 2 aliphatic rings. The van der Waals surface area contributed by atoms with E-state index in [2.05, 4.69) is 15.5 Å². The minimum atomic E-state index is -0.167. The van der Waals surface area contributed by atoms with Crippen molar-refractivity contribution in [1.29, 1.82) is 0 Å². The predicted molar refractivity (Wildman–Crippen MR) is 104 cm³/mol. The number of nitrogens with zero attached hydrogens (tertiary/aromatic N) is 1. The number of piperidine rings is 1. The fraction of sp³-hybridized carbons (Fsp3) is 0.619. The lowest BCUT2D eigenvalue weighted by Gasteiger charge is -2.34. The number of hydrogen-bond donors (Lipinski definition) is 2. The van der Waals surface area contributed by atoms with Gasteiger partial charge < -0.3 is 15.4 Å². The minimum Gasteiger partial charge on any atom is -0.376 e. The largest absolute Gasteiger partial charge is 0.376 e. The molecule has 0 saturated carbocycles. The van der Waals surface area contributed by atoms with Crippen LogP contribution in [0.5, 0.6) is 0 Å². The Kier molecular flexibility index (Phi) is 7.24. The minimum absolute atomic E-state index is 0.0344. The average Bonchev–Trinajstić information content (AvgIpc) is 3.24. The monoisotopic (exact) mass is 373 g/mol. The van der Waals surface area contributed by atoms with Crippen LogP contribution in [-0.4, -0.2) is 55.1 Å². The number of carbonyl (C=O) groups excluding carboxylic acids is 2. The predicted octanol–water partition coefficient (Wildman–Crippen LogP) is 1.70. The van der Waals surface area contributed by atoms with E-state index in [0.29, 0.717) is 13.1 Å². The molecule has 27 heavy (non-hydrogen) atoms. The third-order valence-corrected chi connectivity index (χ3v) is 5.67. The summed E-state index contributed by atoms with van der Waals surface area (Å²) in [7, 11) is 0. The van der Waals surface area contributed by atoms with Crippen molar-refractivity contribution in [2.45, 2.75) is 51.3 Å². The molecule has 2 unspecified atom stereocenters. The summed E-state index contributed by atoms with van der Waals surface area (Å²) in [5.74, 6) is 0.207. The Morgan fingerprint density at radius 2 is 1.89 bits per heavy atom. The van der Waals surface area contributed by atoms with Gasteiger partial charge in [0.25, 0.3) is 0 Å². The van der Waals surface area contributed by atoms with Crippen molar-refractivity contribution < 1.29 is 14.3 Å². The van der Waals surface area contributed by atoms with E-state index in [1.165, 1.54) is 0 Å². The van der Waals surface area contributed by atoms with Crippen LogP contribution in [0.3, 0.4) is 0 Å². The average molecular weight is 373 g/mol. The van der Waals surface area contributed by atoms with Crippen molar-refractivity contribution >= 4 is 11.8 Å². The van der Waals surface area contributed by atoms with Crippen molar-refractivity contribution in [3.8, 4) is 0 Å². The van der Waals surface area contributed by atoms with Crippen LogP contribution >= 0.6 is 0 Å². The number of ether oxygens (including phenoxy) is 1. The van der Waals surface area contributed by atoms with E-state index < -0.39 is 0 Å². The number of hydrogen-bond acceptors (Lipinski definition) is 4. The van der Waals surface area contributed by atoms with Gasteiger partial charge in [-0.05, 0) is 51.3 Å². The second-order valence-corrected chi connectivity index (χ2v) is 7.57. The van der Waals surface area contributed by atoms with Crippen LogP contribution in [-0.2, 0) is 20.9 Å². The molecule has 3 rings (SSSR count). The maximum Gasteiger partial charge on any atom is 0.237 e. The Bertz CT molecular complexity index is 608. The molecule has 1 aromatic carbocycles. The van der Waals surface area contributed by atoms with Gasteiger partial charge in [0.05, 0.1) is 12.1 Å². The molecule has 2 fully saturated rings. The number of amides is 2. The van der Waals surface area contributed by atoms with Gasteiger partial charge in [-0.3, -0.25) is 14.5 Å². The number of benzene rings is 1. The summed E-state index contributed by atoms with van der Waals surface area (Å²) in [6, 6.07) is 9.79. The molecular formula is C21H31N3O3. The number of likely N-dealkylation sites (tertiary alicyclic amines) is 1. The zero-order valence-corrected chi connectivity index (χ0v) is 16.2. The number of carbonyl (C=O) groups is 2. The molecule has 0 spiro atoms. The van der Waals surface area contributed by atoms with Gasteiger partial charge in [-0.15, -0.1) is 0 Å². The lowest BCUT2D eigenvalue weighted by molar-refractivity contribution is -0.129. The molecule has 2 heterocycles. The molecule has 2 amide bonds. The fourth-order valence-electron chi connectivity index (χ4n) is 3.81. The van der Waals surface area contributed by atoms with Crippen molar-refractivity contribution in [3.05, 3.63) is 35.9 Å². The van der Waals surface area contributed by atoms with Crippen LogP contribution in [0.4, 0.5) is 0 Å². The summed E-state index contributed by atoms with van der Waals surface area (Å²) in [6.45, 7) is 5.47. The molecule has 2 aliphatic heterocycles. The highest BCUT2D eigenvalue weighted by Gasteiger charge is 2.30. The summed E-state index contributed by atoms with van der Waals surface area (Å²) in [6.07, 6.45) is 3.86. The molecule has 0 radical (unpaired) electrons. The first kappa shape index (κ1) is 19.8. The standard InChI is InChI=1S/C21H31N3O3/c1-16(20(25)23-15-19-8-5-13-27-19)24-11-9-18(10-12-24)21(26)22-14-17-6-3-2-4-7-17/h2-4,6-7,16,18-19H,5,8-15H2,1H3,(H,22,26)(H,23,25). The third kappa shape index (κ3) is 5.78. The first-order valence-electron chi connectivity index (χ1n) is 10.1. The molecule has 0 bridgehead atoms. The van der Waals surface area contributed by atoms with Crippen molar-refractivity contribution in [2.24, 2.45) is 5.92 Å². The van der Waals surface area contributed by atoms with Gasteiger partial charge in [0.15, 0.2) is 0 Å². The van der Waals surface area contributed by atoms with Gasteiger partial charge in [0.2, 0.25) is 11.8 Å². The van der Waals surface area contributed by atoms with Crippen molar-refractivity contribution in [1.82, 2.24) is 15.5 Å². The second-order valence-electron chi connectivity index (χ2n) is 7.57. The van der Waals surface area contributed by atoms with E-state index in [1.54, 1.807) is 0 Å². The van der Waals surface area contributed by atoms with E-state index >= 15 is 0 Å². The van der Waals surface area contributed by atoms with E-state index in [4.69, 9.17) is 4.74 Å². The molecule has 2 atom stereocenters. The van der Waals surface area contributed by atoms with Crippen LogP contribution in [0, 0.1) is 5.92 Å². The van der Waals surface area contributed by atoms with Crippen LogP contribution in [0.25, 0.3) is 0 Å². The van der Waals surface area contributed by atoms with Gasteiger partial charge in [0, 0.05) is 25.6 Å². The van der Waals surface area contributed by atoms with Crippen LogP contribution < -0.4 is 10.6 Å². The smallest absolute Gasteiger partial charge is 0.237 e. The van der Waals surface area contributed by atoms with Gasteiger partial charge in [0.1, 0.15) is 0 Å². The Balaban J connectivity index is 1.37. The fourth-order valence-corrected chi connectivity index (χ4v) is 3.81. The highest BCUT2D eigenvalue weighted by atomic mass is 16.5.